The van der Waals surface area contributed by atoms with Gasteiger partial charge >= 0.3 is 0 Å². The third-order valence-corrected chi connectivity index (χ3v) is 3.38. The molecule has 0 aromatic carbocycles. The van der Waals surface area contributed by atoms with Gasteiger partial charge in [0, 0.05) is 5.54 Å². The van der Waals surface area contributed by atoms with E-state index in [4.69, 9.17) is 5.73 Å². The molecule has 0 radical (unpaired) electrons. The van der Waals surface area contributed by atoms with E-state index in [-0.39, 0.29) is 5.54 Å². The minimum Gasteiger partial charge on any atom is -0.389 e. The van der Waals surface area contributed by atoms with Crippen LogP contribution in [0.2, 0.25) is 0 Å². The second-order valence-electron chi connectivity index (χ2n) is 3.96. The molecule has 0 amide bonds. The number of nitrogens with zero attached hydrogens (tertiary/aromatic N) is 1. The highest BCUT2D eigenvalue weighted by Gasteiger charge is 2.28. The van der Waals surface area contributed by atoms with Gasteiger partial charge in [0.15, 0.2) is 5.13 Å². The van der Waals surface area contributed by atoms with E-state index in [9.17, 15) is 0 Å². The first-order valence-corrected chi connectivity index (χ1v) is 5.49. The Bertz CT molecular complexity index is 289. The van der Waals surface area contributed by atoms with Crippen LogP contribution in [-0.4, -0.2) is 10.5 Å². The summed E-state index contributed by atoms with van der Waals surface area (Å²) < 4.78 is 0. The average molecular weight is 197 g/mol. The number of nitrogens with one attached hydrogen (secondary N) is 1. The van der Waals surface area contributed by atoms with Gasteiger partial charge in [-0.1, -0.05) is 24.2 Å². The molecule has 2 rings (SSSR count). The molecule has 0 spiro atoms. The van der Waals surface area contributed by atoms with E-state index in [1.807, 2.05) is 0 Å². The topological polar surface area (TPSA) is 50.9 Å². The molecular weight excluding hydrogens is 182 g/mol. The first kappa shape index (κ1) is 8.81. The molecule has 1 aliphatic carbocycles. The lowest BCUT2D eigenvalue weighted by atomic mass is 10.0. The molecule has 1 saturated carbocycles. The lowest BCUT2D eigenvalue weighted by Crippen LogP contribution is -2.30. The zero-order valence-corrected chi connectivity index (χ0v) is 8.66. The van der Waals surface area contributed by atoms with Crippen molar-refractivity contribution in [3.05, 3.63) is 6.20 Å². The molecule has 0 atom stereocenters. The zero-order chi connectivity index (χ0) is 9.31. The van der Waals surface area contributed by atoms with Crippen LogP contribution in [-0.2, 0) is 0 Å². The van der Waals surface area contributed by atoms with E-state index in [1.54, 1.807) is 6.20 Å². The fraction of sp³-hybridized carbons (Fsp3) is 0.667. The van der Waals surface area contributed by atoms with Crippen LogP contribution in [0.4, 0.5) is 10.1 Å². The van der Waals surface area contributed by atoms with Crippen molar-refractivity contribution < 1.29 is 0 Å². The van der Waals surface area contributed by atoms with Gasteiger partial charge < -0.3 is 11.1 Å². The van der Waals surface area contributed by atoms with Gasteiger partial charge in [-0.3, -0.25) is 0 Å². The van der Waals surface area contributed by atoms with Crippen molar-refractivity contribution in [2.45, 2.75) is 38.1 Å². The predicted octanol–water partition coefficient (Wildman–Crippen LogP) is 2.47. The fourth-order valence-electron chi connectivity index (χ4n) is 1.88. The van der Waals surface area contributed by atoms with Crippen molar-refractivity contribution in [3.8, 4) is 0 Å². The quantitative estimate of drug-likeness (QED) is 0.765. The normalized spacial score (nSPS) is 20.4. The number of nitrogens with two attached hydrogens (primary N) is 1. The summed E-state index contributed by atoms with van der Waals surface area (Å²) in [5.41, 5.74) is 5.87. The number of hydrogen-bond acceptors (Lipinski definition) is 4. The van der Waals surface area contributed by atoms with Gasteiger partial charge in [0.2, 0.25) is 0 Å². The molecule has 13 heavy (non-hydrogen) atoms. The summed E-state index contributed by atoms with van der Waals surface area (Å²) >= 11 is 1.53. The van der Waals surface area contributed by atoms with Gasteiger partial charge in [-0.15, -0.1) is 0 Å². The van der Waals surface area contributed by atoms with E-state index in [0.29, 0.717) is 0 Å². The fourth-order valence-corrected chi connectivity index (χ4v) is 2.61. The molecular formula is C9H15N3S. The highest BCUT2D eigenvalue weighted by atomic mass is 32.1. The zero-order valence-electron chi connectivity index (χ0n) is 7.84. The Morgan fingerprint density at radius 3 is 2.77 bits per heavy atom. The third kappa shape index (κ3) is 1.94. The van der Waals surface area contributed by atoms with Crippen LogP contribution in [0.25, 0.3) is 0 Å². The van der Waals surface area contributed by atoms with Crippen molar-refractivity contribution in [1.82, 2.24) is 4.98 Å². The van der Waals surface area contributed by atoms with E-state index in [0.717, 1.165) is 10.1 Å². The summed E-state index contributed by atoms with van der Waals surface area (Å²) in [5, 5.41) is 5.21. The molecule has 0 saturated heterocycles. The number of thiazole rings is 1. The van der Waals surface area contributed by atoms with E-state index in [2.05, 4.69) is 17.2 Å². The molecule has 0 bridgehead atoms. The Morgan fingerprint density at radius 1 is 1.54 bits per heavy atom. The van der Waals surface area contributed by atoms with Crippen LogP contribution < -0.4 is 11.1 Å². The van der Waals surface area contributed by atoms with Crippen molar-refractivity contribution >= 4 is 21.5 Å². The summed E-state index contributed by atoms with van der Waals surface area (Å²) in [6.07, 6.45) is 6.85. The van der Waals surface area contributed by atoms with Crippen LogP contribution in [0.1, 0.15) is 32.6 Å². The summed E-state index contributed by atoms with van der Waals surface area (Å²) in [6.45, 7) is 2.26. The monoisotopic (exact) mass is 197 g/mol. The van der Waals surface area contributed by atoms with Crippen LogP contribution in [0.3, 0.4) is 0 Å². The smallest absolute Gasteiger partial charge is 0.185 e. The van der Waals surface area contributed by atoms with Crippen molar-refractivity contribution in [1.29, 1.82) is 0 Å². The van der Waals surface area contributed by atoms with E-state index in [1.165, 1.54) is 37.0 Å². The van der Waals surface area contributed by atoms with Gasteiger partial charge in [0.05, 0.1) is 6.20 Å². The minimum atomic E-state index is 0.254. The van der Waals surface area contributed by atoms with Gasteiger partial charge in [0.1, 0.15) is 5.00 Å². The molecule has 1 aliphatic rings. The summed E-state index contributed by atoms with van der Waals surface area (Å²) in [5.74, 6) is 0. The first-order valence-electron chi connectivity index (χ1n) is 4.67. The Hall–Kier alpha value is -0.770. The average Bonchev–Trinajstić information content (AvgIpc) is 2.62. The summed E-state index contributed by atoms with van der Waals surface area (Å²) in [7, 11) is 0. The van der Waals surface area contributed by atoms with E-state index < -0.39 is 0 Å². The van der Waals surface area contributed by atoms with Crippen molar-refractivity contribution in [3.63, 3.8) is 0 Å². The van der Waals surface area contributed by atoms with Crippen molar-refractivity contribution in [2.75, 3.05) is 11.1 Å². The maximum atomic E-state index is 5.61. The van der Waals surface area contributed by atoms with Gasteiger partial charge in [-0.2, -0.15) is 0 Å². The Kier molecular flexibility index (Phi) is 2.15. The van der Waals surface area contributed by atoms with Crippen molar-refractivity contribution in [2.24, 2.45) is 0 Å². The molecule has 1 aromatic rings. The number of rotatable bonds is 2. The van der Waals surface area contributed by atoms with Crippen LogP contribution >= 0.6 is 11.3 Å². The molecule has 3 N–H and O–H groups in total. The third-order valence-electron chi connectivity index (χ3n) is 2.64. The summed E-state index contributed by atoms with van der Waals surface area (Å²) in [6, 6.07) is 0. The summed E-state index contributed by atoms with van der Waals surface area (Å²) in [4.78, 5) is 4.21. The molecule has 0 aliphatic heterocycles. The standard InChI is InChI=1S/C9H15N3S/c1-9(4-2-3-5-9)12-8-11-6-7(10)13-8/h6H,2-5,10H2,1H3,(H,11,12). The SMILES string of the molecule is CC1(Nc2ncc(N)s2)CCCC1. The molecule has 1 heterocycles. The van der Waals surface area contributed by atoms with Gasteiger partial charge in [0.25, 0.3) is 0 Å². The molecule has 72 valence electrons. The second-order valence-corrected chi connectivity index (χ2v) is 5.02. The van der Waals surface area contributed by atoms with Crippen LogP contribution in [0.5, 0.6) is 0 Å². The van der Waals surface area contributed by atoms with Gasteiger partial charge in [-0.25, -0.2) is 4.98 Å². The maximum absolute atomic E-state index is 5.61. The molecule has 4 heteroatoms. The molecule has 3 nitrogen and oxygen atoms in total. The molecule has 1 aromatic heterocycles. The first-order chi connectivity index (χ1) is 6.18. The number of aromatic nitrogens is 1. The number of hydrogen-bond donors (Lipinski definition) is 2. The highest BCUT2D eigenvalue weighted by Crippen LogP contribution is 2.34. The predicted molar refractivity (Wildman–Crippen MR) is 57.0 cm³/mol. The number of anilines is 2. The Balaban J connectivity index is 2.04. The number of nitrogen functional groups attached to an aromatic ring is 1. The molecule has 1 fully saturated rings. The van der Waals surface area contributed by atoms with E-state index >= 15 is 0 Å². The largest absolute Gasteiger partial charge is 0.389 e. The Labute approximate surface area is 82.4 Å². The minimum absolute atomic E-state index is 0.254. The highest BCUT2D eigenvalue weighted by molar-refractivity contribution is 7.19. The maximum Gasteiger partial charge on any atom is 0.185 e. The second kappa shape index (κ2) is 3.18. The lowest BCUT2D eigenvalue weighted by Gasteiger charge is -2.24. The van der Waals surface area contributed by atoms with Crippen LogP contribution in [0, 0.1) is 0 Å². The Morgan fingerprint density at radius 2 is 2.23 bits per heavy atom. The molecule has 0 unspecified atom stereocenters. The van der Waals surface area contributed by atoms with Crippen LogP contribution in [0.15, 0.2) is 6.20 Å². The lowest BCUT2D eigenvalue weighted by molar-refractivity contribution is 0.533. The van der Waals surface area contributed by atoms with Gasteiger partial charge in [-0.05, 0) is 19.8 Å².